The Morgan fingerprint density at radius 2 is 1.80 bits per heavy atom. The van der Waals surface area contributed by atoms with Gasteiger partial charge in [-0.05, 0) is 63.0 Å². The Kier molecular flexibility index (Phi) is 5.61. The van der Waals surface area contributed by atoms with E-state index in [1.165, 1.54) is 12.8 Å². The van der Waals surface area contributed by atoms with Crippen molar-refractivity contribution < 1.29 is 19.4 Å². The van der Waals surface area contributed by atoms with Crippen LogP contribution < -0.4 is 10.1 Å². The van der Waals surface area contributed by atoms with Gasteiger partial charge in [0.2, 0.25) is 5.91 Å². The van der Waals surface area contributed by atoms with Crippen LogP contribution in [0, 0.1) is 24.7 Å². The molecule has 0 saturated heterocycles. The molecule has 0 aromatic heterocycles. The first-order valence-electron chi connectivity index (χ1n) is 9.25. The molecular formula is C20H27NO4. The van der Waals surface area contributed by atoms with Crippen LogP contribution in [-0.4, -0.2) is 23.6 Å². The summed E-state index contributed by atoms with van der Waals surface area (Å²) in [5.41, 5.74) is 2.15. The number of aryl methyl sites for hydroxylation is 1. The highest BCUT2D eigenvalue weighted by Gasteiger charge is 2.29. The minimum absolute atomic E-state index is 0.0255. The fourth-order valence-corrected chi connectivity index (χ4v) is 3.36. The van der Waals surface area contributed by atoms with Crippen molar-refractivity contribution >= 4 is 11.9 Å². The Hall–Kier alpha value is -2.04. The highest BCUT2D eigenvalue weighted by Crippen LogP contribution is 2.31. The molecule has 0 bridgehead atoms. The number of hydrogen-bond acceptors (Lipinski definition) is 3. The van der Waals surface area contributed by atoms with Crippen molar-refractivity contribution in [2.75, 3.05) is 6.61 Å². The van der Waals surface area contributed by atoms with Crippen molar-refractivity contribution in [3.8, 4) is 5.75 Å². The van der Waals surface area contributed by atoms with Gasteiger partial charge < -0.3 is 15.2 Å². The van der Waals surface area contributed by atoms with E-state index in [2.05, 4.69) is 5.32 Å². The van der Waals surface area contributed by atoms with Gasteiger partial charge in [0.25, 0.3) is 0 Å². The van der Waals surface area contributed by atoms with Gasteiger partial charge in [0.05, 0.1) is 12.5 Å². The van der Waals surface area contributed by atoms with E-state index in [0.29, 0.717) is 38.1 Å². The Labute approximate surface area is 148 Å². The zero-order valence-electron chi connectivity index (χ0n) is 14.8. The summed E-state index contributed by atoms with van der Waals surface area (Å²) in [5, 5.41) is 12.1. The number of aliphatic carboxylic acids is 1. The SMILES string of the molecule is Cc1ccc(CNC(=O)C2CCC(C(=O)O)CC2)c(OCC2CC2)c1. The quantitative estimate of drug-likeness (QED) is 0.795. The van der Waals surface area contributed by atoms with E-state index in [4.69, 9.17) is 9.84 Å². The molecule has 0 heterocycles. The molecule has 0 radical (unpaired) electrons. The Morgan fingerprint density at radius 3 is 2.44 bits per heavy atom. The number of carboxylic acids is 1. The number of carboxylic acid groups (broad SMARTS) is 1. The standard InChI is InChI=1S/C20H27NO4/c1-13-2-5-17(18(10-13)25-12-14-3-4-14)11-21-19(22)15-6-8-16(9-7-15)20(23)24/h2,5,10,14-16H,3-4,6-9,11-12H2,1H3,(H,21,22)(H,23,24). The molecule has 2 saturated carbocycles. The number of carbonyl (C=O) groups excluding carboxylic acids is 1. The summed E-state index contributed by atoms with van der Waals surface area (Å²) >= 11 is 0. The lowest BCUT2D eigenvalue weighted by Crippen LogP contribution is -2.34. The number of amides is 1. The molecule has 2 aliphatic carbocycles. The third-order valence-corrected chi connectivity index (χ3v) is 5.29. The van der Waals surface area contributed by atoms with Crippen LogP contribution in [0.15, 0.2) is 18.2 Å². The van der Waals surface area contributed by atoms with E-state index in [1.807, 2.05) is 25.1 Å². The molecule has 136 valence electrons. The maximum atomic E-state index is 12.4. The van der Waals surface area contributed by atoms with E-state index >= 15 is 0 Å². The van der Waals surface area contributed by atoms with Gasteiger partial charge in [-0.3, -0.25) is 9.59 Å². The number of benzene rings is 1. The van der Waals surface area contributed by atoms with Crippen molar-refractivity contribution in [1.82, 2.24) is 5.32 Å². The van der Waals surface area contributed by atoms with Gasteiger partial charge in [-0.2, -0.15) is 0 Å². The summed E-state index contributed by atoms with van der Waals surface area (Å²) in [7, 11) is 0. The molecule has 5 heteroatoms. The molecule has 1 aromatic carbocycles. The molecule has 25 heavy (non-hydrogen) atoms. The largest absolute Gasteiger partial charge is 0.493 e. The summed E-state index contributed by atoms with van der Waals surface area (Å²) in [6, 6.07) is 6.07. The molecule has 0 unspecified atom stereocenters. The lowest BCUT2D eigenvalue weighted by Gasteiger charge is -2.25. The second kappa shape index (κ2) is 7.89. The molecule has 2 N–H and O–H groups in total. The van der Waals surface area contributed by atoms with Gasteiger partial charge in [0.15, 0.2) is 0 Å². The second-order valence-corrected chi connectivity index (χ2v) is 7.47. The minimum Gasteiger partial charge on any atom is -0.493 e. The minimum atomic E-state index is -0.740. The lowest BCUT2D eigenvalue weighted by atomic mass is 9.81. The fourth-order valence-electron chi connectivity index (χ4n) is 3.36. The smallest absolute Gasteiger partial charge is 0.306 e. The number of ether oxygens (including phenoxy) is 1. The van der Waals surface area contributed by atoms with Crippen molar-refractivity contribution in [2.24, 2.45) is 17.8 Å². The molecule has 5 nitrogen and oxygen atoms in total. The van der Waals surface area contributed by atoms with Gasteiger partial charge >= 0.3 is 5.97 Å². The average molecular weight is 345 g/mol. The first-order chi connectivity index (χ1) is 12.0. The molecule has 2 aliphatic rings. The summed E-state index contributed by atoms with van der Waals surface area (Å²) in [6.07, 6.45) is 4.98. The van der Waals surface area contributed by atoms with Crippen molar-refractivity contribution in [3.05, 3.63) is 29.3 Å². The summed E-state index contributed by atoms with van der Waals surface area (Å²) in [4.78, 5) is 23.4. The van der Waals surface area contributed by atoms with Crippen LogP contribution in [0.3, 0.4) is 0 Å². The molecule has 1 amide bonds. The first-order valence-corrected chi connectivity index (χ1v) is 9.25. The summed E-state index contributed by atoms with van der Waals surface area (Å²) in [5.74, 6) is 0.475. The third-order valence-electron chi connectivity index (χ3n) is 5.29. The van der Waals surface area contributed by atoms with Gasteiger partial charge in [-0.1, -0.05) is 12.1 Å². The predicted octanol–water partition coefficient (Wildman–Crippen LogP) is 3.29. The average Bonchev–Trinajstić information content (AvgIpc) is 3.43. The van der Waals surface area contributed by atoms with E-state index < -0.39 is 5.97 Å². The molecule has 0 atom stereocenters. The maximum absolute atomic E-state index is 12.4. The van der Waals surface area contributed by atoms with Crippen LogP contribution in [0.4, 0.5) is 0 Å². The number of carbonyl (C=O) groups is 2. The van der Waals surface area contributed by atoms with Crippen molar-refractivity contribution in [1.29, 1.82) is 0 Å². The number of hydrogen-bond donors (Lipinski definition) is 2. The van der Waals surface area contributed by atoms with Crippen LogP contribution in [0.1, 0.15) is 49.7 Å². The fraction of sp³-hybridized carbons (Fsp3) is 0.600. The topological polar surface area (TPSA) is 75.6 Å². The van der Waals surface area contributed by atoms with Crippen LogP contribution >= 0.6 is 0 Å². The van der Waals surface area contributed by atoms with Crippen LogP contribution in [0.25, 0.3) is 0 Å². The predicted molar refractivity (Wildman–Crippen MR) is 94.3 cm³/mol. The molecular weight excluding hydrogens is 318 g/mol. The Balaban J connectivity index is 1.52. The van der Waals surface area contributed by atoms with E-state index in [1.54, 1.807) is 0 Å². The maximum Gasteiger partial charge on any atom is 0.306 e. The van der Waals surface area contributed by atoms with Gasteiger partial charge in [-0.25, -0.2) is 0 Å². The van der Waals surface area contributed by atoms with Gasteiger partial charge in [0, 0.05) is 18.0 Å². The highest BCUT2D eigenvalue weighted by atomic mass is 16.5. The summed E-state index contributed by atoms with van der Waals surface area (Å²) < 4.78 is 5.94. The zero-order chi connectivity index (χ0) is 17.8. The molecule has 0 spiro atoms. The van der Waals surface area contributed by atoms with Crippen LogP contribution in [0.2, 0.25) is 0 Å². The molecule has 3 rings (SSSR count). The van der Waals surface area contributed by atoms with E-state index in [-0.39, 0.29) is 17.7 Å². The highest BCUT2D eigenvalue weighted by molar-refractivity contribution is 5.79. The third kappa shape index (κ3) is 4.97. The van der Waals surface area contributed by atoms with Crippen molar-refractivity contribution in [3.63, 3.8) is 0 Å². The molecule has 0 aliphatic heterocycles. The molecule has 2 fully saturated rings. The lowest BCUT2D eigenvalue weighted by molar-refractivity contribution is -0.144. The van der Waals surface area contributed by atoms with E-state index in [9.17, 15) is 9.59 Å². The first kappa shape index (κ1) is 17.8. The van der Waals surface area contributed by atoms with Crippen LogP contribution in [-0.2, 0) is 16.1 Å². The summed E-state index contributed by atoms with van der Waals surface area (Å²) in [6.45, 7) is 3.24. The van der Waals surface area contributed by atoms with E-state index in [0.717, 1.165) is 23.5 Å². The van der Waals surface area contributed by atoms with Gasteiger partial charge in [0.1, 0.15) is 5.75 Å². The monoisotopic (exact) mass is 345 g/mol. The number of rotatable bonds is 7. The van der Waals surface area contributed by atoms with Crippen LogP contribution in [0.5, 0.6) is 5.75 Å². The number of nitrogens with one attached hydrogen (secondary N) is 1. The van der Waals surface area contributed by atoms with Crippen molar-refractivity contribution in [2.45, 2.75) is 52.0 Å². The second-order valence-electron chi connectivity index (χ2n) is 7.47. The molecule has 1 aromatic rings. The Morgan fingerprint density at radius 1 is 1.12 bits per heavy atom. The van der Waals surface area contributed by atoms with Gasteiger partial charge in [-0.15, -0.1) is 0 Å². The Bertz CT molecular complexity index is 631. The normalized spacial score (nSPS) is 23.1. The zero-order valence-corrected chi connectivity index (χ0v) is 14.8.